The summed E-state index contributed by atoms with van der Waals surface area (Å²) in [7, 11) is 0. The van der Waals surface area contributed by atoms with Crippen LogP contribution < -0.4 is 10.6 Å². The van der Waals surface area contributed by atoms with Crippen LogP contribution in [0.1, 0.15) is 24.0 Å². The molecule has 1 aromatic carbocycles. The molecule has 0 spiro atoms. The number of carbonyl (C=O) groups is 2. The molecule has 2 aromatic rings. The molecule has 0 saturated heterocycles. The van der Waals surface area contributed by atoms with Gasteiger partial charge in [-0.2, -0.15) is 0 Å². The Kier molecular flexibility index (Phi) is 4.37. The summed E-state index contributed by atoms with van der Waals surface area (Å²) < 4.78 is 0. The molecule has 0 atom stereocenters. The second-order valence-electron chi connectivity index (χ2n) is 5.86. The highest BCUT2D eigenvalue weighted by molar-refractivity contribution is 5.95. The zero-order valence-corrected chi connectivity index (χ0v) is 13.0. The summed E-state index contributed by atoms with van der Waals surface area (Å²) in [5, 5.41) is 5.66. The number of hydrogen-bond acceptors (Lipinski definition) is 3. The number of aromatic nitrogens is 1. The van der Waals surface area contributed by atoms with Crippen molar-refractivity contribution in [3.63, 3.8) is 0 Å². The third kappa shape index (κ3) is 4.16. The second-order valence-corrected chi connectivity index (χ2v) is 5.86. The molecule has 1 fully saturated rings. The molecule has 1 aliphatic carbocycles. The largest absolute Gasteiger partial charge is 0.324 e. The van der Waals surface area contributed by atoms with Gasteiger partial charge in [-0.3, -0.25) is 9.59 Å². The monoisotopic (exact) mass is 309 g/mol. The van der Waals surface area contributed by atoms with Gasteiger partial charge < -0.3 is 10.6 Å². The predicted molar refractivity (Wildman–Crippen MR) is 89.1 cm³/mol. The Morgan fingerprint density at radius 2 is 1.91 bits per heavy atom. The summed E-state index contributed by atoms with van der Waals surface area (Å²) in [5.74, 6) is 0.608. The van der Waals surface area contributed by atoms with Gasteiger partial charge in [0.2, 0.25) is 11.8 Å². The quantitative estimate of drug-likeness (QED) is 0.892. The number of benzene rings is 1. The fraction of sp³-hybridized carbons (Fsp3) is 0.278. The zero-order chi connectivity index (χ0) is 16.2. The van der Waals surface area contributed by atoms with Crippen LogP contribution in [0.25, 0.3) is 0 Å². The van der Waals surface area contributed by atoms with Crippen LogP contribution in [-0.4, -0.2) is 16.8 Å². The molecule has 1 saturated carbocycles. The number of carbonyl (C=O) groups excluding carboxylic acids is 2. The highest BCUT2D eigenvalue weighted by Crippen LogP contribution is 2.30. The third-order valence-corrected chi connectivity index (χ3v) is 3.79. The molecule has 0 bridgehead atoms. The van der Waals surface area contributed by atoms with Crippen LogP contribution in [0.3, 0.4) is 0 Å². The molecule has 23 heavy (non-hydrogen) atoms. The number of hydrogen-bond donors (Lipinski definition) is 2. The van der Waals surface area contributed by atoms with Crippen LogP contribution in [0.2, 0.25) is 0 Å². The van der Waals surface area contributed by atoms with E-state index < -0.39 is 0 Å². The first kappa shape index (κ1) is 15.2. The summed E-state index contributed by atoms with van der Waals surface area (Å²) in [6.45, 7) is 1.88. The summed E-state index contributed by atoms with van der Waals surface area (Å²) in [5.41, 5.74) is 2.49. The lowest BCUT2D eigenvalue weighted by molar-refractivity contribution is -0.117. The van der Waals surface area contributed by atoms with E-state index in [0.717, 1.165) is 24.0 Å². The fourth-order valence-corrected chi connectivity index (χ4v) is 2.30. The van der Waals surface area contributed by atoms with Crippen LogP contribution in [0.15, 0.2) is 42.6 Å². The normalized spacial score (nSPS) is 13.4. The summed E-state index contributed by atoms with van der Waals surface area (Å²) in [6, 6.07) is 11.4. The Hall–Kier alpha value is -2.69. The molecule has 2 N–H and O–H groups in total. The minimum absolute atomic E-state index is 0.0257. The van der Waals surface area contributed by atoms with E-state index in [-0.39, 0.29) is 17.7 Å². The molecule has 2 amide bonds. The van der Waals surface area contributed by atoms with Crippen molar-refractivity contribution in [2.24, 2.45) is 5.92 Å². The van der Waals surface area contributed by atoms with Gasteiger partial charge in [0.05, 0.1) is 18.3 Å². The Morgan fingerprint density at radius 3 is 2.57 bits per heavy atom. The average molecular weight is 309 g/mol. The standard InChI is InChI=1S/C18H19N3O2/c1-12-9-16(21-18(23)14-7-8-14)19-11-15(12)20-17(22)10-13-5-3-2-4-6-13/h2-6,9,11,14H,7-8,10H2,1H3,(H,20,22)(H,19,21,23). The van der Waals surface area contributed by atoms with Crippen LogP contribution in [-0.2, 0) is 16.0 Å². The van der Waals surface area contributed by atoms with Gasteiger partial charge in [0.1, 0.15) is 5.82 Å². The van der Waals surface area contributed by atoms with Gasteiger partial charge in [0, 0.05) is 5.92 Å². The van der Waals surface area contributed by atoms with E-state index in [4.69, 9.17) is 0 Å². The van der Waals surface area contributed by atoms with Gasteiger partial charge in [0.15, 0.2) is 0 Å². The first-order valence-corrected chi connectivity index (χ1v) is 7.73. The van der Waals surface area contributed by atoms with Crippen molar-refractivity contribution < 1.29 is 9.59 Å². The van der Waals surface area contributed by atoms with Gasteiger partial charge >= 0.3 is 0 Å². The SMILES string of the molecule is Cc1cc(NC(=O)C2CC2)ncc1NC(=O)Cc1ccccc1. The summed E-state index contributed by atoms with van der Waals surface area (Å²) >= 11 is 0. The summed E-state index contributed by atoms with van der Waals surface area (Å²) in [4.78, 5) is 28.0. The lowest BCUT2D eigenvalue weighted by Gasteiger charge is -2.10. The number of rotatable bonds is 5. The molecule has 0 radical (unpaired) electrons. The lowest BCUT2D eigenvalue weighted by Crippen LogP contribution is -2.17. The van der Waals surface area contributed by atoms with E-state index in [2.05, 4.69) is 15.6 Å². The number of aryl methyl sites for hydroxylation is 1. The first-order chi connectivity index (χ1) is 11.1. The van der Waals surface area contributed by atoms with Gasteiger partial charge in [-0.05, 0) is 37.0 Å². The minimum Gasteiger partial charge on any atom is -0.324 e. The van der Waals surface area contributed by atoms with E-state index >= 15 is 0 Å². The van der Waals surface area contributed by atoms with Crippen LogP contribution in [0.5, 0.6) is 0 Å². The van der Waals surface area contributed by atoms with Crippen molar-refractivity contribution in [2.75, 3.05) is 10.6 Å². The Bertz CT molecular complexity index is 724. The van der Waals surface area contributed by atoms with Gasteiger partial charge in [0.25, 0.3) is 0 Å². The molecular formula is C18H19N3O2. The molecule has 5 heteroatoms. The zero-order valence-electron chi connectivity index (χ0n) is 13.0. The highest BCUT2D eigenvalue weighted by Gasteiger charge is 2.29. The molecule has 0 aliphatic heterocycles. The molecule has 0 unspecified atom stereocenters. The summed E-state index contributed by atoms with van der Waals surface area (Å²) in [6.07, 6.45) is 3.82. The van der Waals surface area contributed by atoms with Gasteiger partial charge in [-0.25, -0.2) is 4.98 Å². The van der Waals surface area contributed by atoms with Crippen molar-refractivity contribution in [1.82, 2.24) is 4.98 Å². The molecule has 1 aromatic heterocycles. The molecule has 1 aliphatic rings. The molecule has 5 nitrogen and oxygen atoms in total. The number of anilines is 2. The van der Waals surface area contributed by atoms with Crippen LogP contribution >= 0.6 is 0 Å². The second kappa shape index (κ2) is 6.60. The maximum absolute atomic E-state index is 12.1. The molecule has 3 rings (SSSR count). The Morgan fingerprint density at radius 1 is 1.17 bits per heavy atom. The number of pyridine rings is 1. The molecule has 118 valence electrons. The average Bonchev–Trinajstić information content (AvgIpc) is 3.36. The number of nitrogens with zero attached hydrogens (tertiary/aromatic N) is 1. The smallest absolute Gasteiger partial charge is 0.228 e. The highest BCUT2D eigenvalue weighted by atomic mass is 16.2. The van der Waals surface area contributed by atoms with Crippen LogP contribution in [0.4, 0.5) is 11.5 Å². The van der Waals surface area contributed by atoms with E-state index in [1.54, 1.807) is 12.3 Å². The Balaban J connectivity index is 1.61. The van der Waals surface area contributed by atoms with Gasteiger partial charge in [-0.1, -0.05) is 30.3 Å². The predicted octanol–water partition coefficient (Wildman–Crippen LogP) is 2.92. The van der Waals surface area contributed by atoms with E-state index in [9.17, 15) is 9.59 Å². The minimum atomic E-state index is -0.0872. The van der Waals surface area contributed by atoms with Crippen molar-refractivity contribution in [3.05, 3.63) is 53.7 Å². The number of nitrogens with one attached hydrogen (secondary N) is 2. The van der Waals surface area contributed by atoms with Crippen LogP contribution in [0, 0.1) is 12.8 Å². The maximum Gasteiger partial charge on any atom is 0.228 e. The van der Waals surface area contributed by atoms with Crippen molar-refractivity contribution in [1.29, 1.82) is 0 Å². The van der Waals surface area contributed by atoms with Crippen molar-refractivity contribution in [2.45, 2.75) is 26.2 Å². The van der Waals surface area contributed by atoms with Gasteiger partial charge in [-0.15, -0.1) is 0 Å². The van der Waals surface area contributed by atoms with Crippen molar-refractivity contribution in [3.8, 4) is 0 Å². The number of amides is 2. The Labute approximate surface area is 135 Å². The topological polar surface area (TPSA) is 71.1 Å². The first-order valence-electron chi connectivity index (χ1n) is 7.73. The lowest BCUT2D eigenvalue weighted by atomic mass is 10.1. The maximum atomic E-state index is 12.1. The molecular weight excluding hydrogens is 290 g/mol. The van der Waals surface area contributed by atoms with E-state index in [0.29, 0.717) is 17.9 Å². The third-order valence-electron chi connectivity index (χ3n) is 3.79. The van der Waals surface area contributed by atoms with E-state index in [1.165, 1.54) is 0 Å². The van der Waals surface area contributed by atoms with Crippen molar-refractivity contribution >= 4 is 23.3 Å². The molecule has 1 heterocycles. The van der Waals surface area contributed by atoms with E-state index in [1.807, 2.05) is 37.3 Å². The fourth-order valence-electron chi connectivity index (χ4n) is 2.30.